The van der Waals surface area contributed by atoms with Crippen LogP contribution in [0.15, 0.2) is 35.2 Å². The molecule has 1 aliphatic heterocycles. The molecule has 1 heterocycles. The van der Waals surface area contributed by atoms with Gasteiger partial charge in [0.2, 0.25) is 14.8 Å². The lowest BCUT2D eigenvalue weighted by atomic mass is 9.97. The molecule has 0 radical (unpaired) electrons. The molecule has 5 atom stereocenters. The molecule has 1 aromatic rings. The molecule has 0 aliphatic carbocycles. The van der Waals surface area contributed by atoms with Crippen LogP contribution < -0.4 is 5.32 Å². The monoisotopic (exact) mass is 503 g/mol. The van der Waals surface area contributed by atoms with Crippen LogP contribution in [0.2, 0.25) is 0 Å². The second-order valence-electron chi connectivity index (χ2n) is 7.08. The molecule has 13 heteroatoms. The summed E-state index contributed by atoms with van der Waals surface area (Å²) in [6.07, 6.45) is -3.80. The molecule has 0 aromatic heterocycles. The molecule has 1 saturated heterocycles. The number of carbonyl (C=O) groups is 4. The molecule has 11 nitrogen and oxygen atoms in total. The summed E-state index contributed by atoms with van der Waals surface area (Å²) in [5, 5.41) is 2.52. The van der Waals surface area contributed by atoms with Gasteiger partial charge in [0, 0.05) is 38.5 Å². The van der Waals surface area contributed by atoms with Crippen molar-refractivity contribution < 1.29 is 46.5 Å². The van der Waals surface area contributed by atoms with Crippen molar-refractivity contribution >= 4 is 43.5 Å². The molecular formula is C20H25NO10S2. The number of amides is 1. The highest BCUT2D eigenvalue weighted by Gasteiger charge is 2.52. The van der Waals surface area contributed by atoms with Crippen molar-refractivity contribution in [2.24, 2.45) is 0 Å². The molecule has 0 bridgehead atoms. The van der Waals surface area contributed by atoms with Crippen LogP contribution in [0.5, 0.6) is 0 Å². The standard InChI is InChI=1S/C20H25NO10S2/c1-11(22)21-17-19(30-14(4)25)18(29-13(3)24)16(10-28-12(2)23)31-20(17)32-33(26,27)15-8-6-5-7-9-15/h5-9,16-20H,10H2,1-4H3,(H,21,22)/t16-,17-,18-,19-,20+/m1/s1. The number of hydrogen-bond donors (Lipinski definition) is 1. The molecule has 33 heavy (non-hydrogen) atoms. The van der Waals surface area contributed by atoms with Crippen LogP contribution in [0, 0.1) is 0 Å². The summed E-state index contributed by atoms with van der Waals surface area (Å²) in [6, 6.07) is 6.30. The lowest BCUT2D eigenvalue weighted by Gasteiger charge is -2.44. The topological polar surface area (TPSA) is 151 Å². The molecule has 1 N–H and O–H groups in total. The molecule has 0 spiro atoms. The zero-order valence-electron chi connectivity index (χ0n) is 18.4. The first-order valence-electron chi connectivity index (χ1n) is 9.79. The fraction of sp³-hybridized carbons (Fsp3) is 0.500. The van der Waals surface area contributed by atoms with Gasteiger partial charge in [-0.05, 0) is 12.1 Å². The fourth-order valence-corrected chi connectivity index (χ4v) is 6.43. The van der Waals surface area contributed by atoms with E-state index in [9.17, 15) is 27.6 Å². The zero-order valence-corrected chi connectivity index (χ0v) is 20.0. The molecular weight excluding hydrogens is 478 g/mol. The minimum Gasteiger partial charge on any atom is -0.463 e. The summed E-state index contributed by atoms with van der Waals surface area (Å²) in [5.41, 5.74) is -1.31. The van der Waals surface area contributed by atoms with Crippen LogP contribution in [0.1, 0.15) is 27.7 Å². The van der Waals surface area contributed by atoms with Crippen molar-refractivity contribution in [3.05, 3.63) is 30.3 Å². The van der Waals surface area contributed by atoms with Crippen molar-refractivity contribution in [2.75, 3.05) is 6.61 Å². The molecule has 1 amide bonds. The average molecular weight is 504 g/mol. The molecule has 1 aromatic carbocycles. The van der Waals surface area contributed by atoms with Crippen LogP contribution in [-0.4, -0.2) is 68.6 Å². The maximum absolute atomic E-state index is 13.0. The van der Waals surface area contributed by atoms with Gasteiger partial charge < -0.3 is 24.3 Å². The van der Waals surface area contributed by atoms with Crippen molar-refractivity contribution in [1.29, 1.82) is 0 Å². The lowest BCUT2D eigenvalue weighted by Crippen LogP contribution is -2.65. The molecule has 1 fully saturated rings. The smallest absolute Gasteiger partial charge is 0.303 e. The number of esters is 3. The number of hydrogen-bond acceptors (Lipinski definition) is 11. The van der Waals surface area contributed by atoms with E-state index < -0.39 is 69.1 Å². The third-order valence-corrected chi connectivity index (χ3v) is 7.93. The van der Waals surface area contributed by atoms with Gasteiger partial charge in [0.1, 0.15) is 24.2 Å². The van der Waals surface area contributed by atoms with Crippen LogP contribution in [0.3, 0.4) is 0 Å². The predicted molar refractivity (Wildman–Crippen MR) is 115 cm³/mol. The second-order valence-corrected chi connectivity index (χ2v) is 11.0. The van der Waals surface area contributed by atoms with Gasteiger partial charge in [0.05, 0.1) is 4.90 Å². The summed E-state index contributed by atoms with van der Waals surface area (Å²) in [7, 11) is -3.61. The molecule has 182 valence electrons. The van der Waals surface area contributed by atoms with Gasteiger partial charge in [-0.25, -0.2) is 8.42 Å². The summed E-state index contributed by atoms with van der Waals surface area (Å²) < 4.78 is 47.4. The van der Waals surface area contributed by atoms with E-state index in [0.717, 1.165) is 20.8 Å². The first-order valence-corrected chi connectivity index (χ1v) is 12.7. The average Bonchev–Trinajstić information content (AvgIpc) is 2.70. The highest BCUT2D eigenvalue weighted by atomic mass is 33.1. The van der Waals surface area contributed by atoms with Gasteiger partial charge in [0.15, 0.2) is 12.2 Å². The maximum atomic E-state index is 13.0. The molecule has 0 saturated carbocycles. The lowest BCUT2D eigenvalue weighted by molar-refractivity contribution is -0.211. The number of rotatable bonds is 8. The van der Waals surface area contributed by atoms with E-state index >= 15 is 0 Å². The Morgan fingerprint density at radius 2 is 1.52 bits per heavy atom. The first kappa shape index (κ1) is 26.6. The van der Waals surface area contributed by atoms with E-state index in [0.29, 0.717) is 10.8 Å². The molecule has 2 rings (SSSR count). The van der Waals surface area contributed by atoms with Gasteiger partial charge in [-0.1, -0.05) is 18.2 Å². The largest absolute Gasteiger partial charge is 0.463 e. The second kappa shape index (κ2) is 11.5. The third-order valence-electron chi connectivity index (χ3n) is 4.32. The minimum atomic E-state index is -3.99. The van der Waals surface area contributed by atoms with E-state index in [-0.39, 0.29) is 4.90 Å². The van der Waals surface area contributed by atoms with Crippen LogP contribution in [0.25, 0.3) is 0 Å². The van der Waals surface area contributed by atoms with Crippen LogP contribution in [-0.2, 0) is 47.0 Å². The summed E-state index contributed by atoms with van der Waals surface area (Å²) in [6.45, 7) is 4.14. The van der Waals surface area contributed by atoms with E-state index in [1.165, 1.54) is 19.1 Å². The van der Waals surface area contributed by atoms with Gasteiger partial charge in [-0.15, -0.1) is 0 Å². The molecule has 0 unspecified atom stereocenters. The SMILES string of the molecule is CC(=O)N[C@@H]1[C@@H](OC(C)=O)[C@H](OC(C)=O)[C@@H](COC(C)=O)O[C@H]1SS(=O)(=O)c1ccccc1. The van der Waals surface area contributed by atoms with Gasteiger partial charge in [-0.2, -0.15) is 0 Å². The Labute approximate surface area is 194 Å². The summed E-state index contributed by atoms with van der Waals surface area (Å²) in [4.78, 5) is 46.8. The summed E-state index contributed by atoms with van der Waals surface area (Å²) >= 11 is 0. The van der Waals surface area contributed by atoms with Gasteiger partial charge in [-0.3, -0.25) is 19.2 Å². The van der Waals surface area contributed by atoms with Crippen molar-refractivity contribution in [3.8, 4) is 0 Å². The Morgan fingerprint density at radius 3 is 2.03 bits per heavy atom. The van der Waals surface area contributed by atoms with Gasteiger partial charge >= 0.3 is 17.9 Å². The summed E-state index contributed by atoms with van der Waals surface area (Å²) in [5.74, 6) is -2.74. The Hall–Kier alpha value is -2.64. The number of benzene rings is 1. The number of carbonyl (C=O) groups excluding carboxylic acids is 4. The fourth-order valence-electron chi connectivity index (χ4n) is 3.14. The zero-order chi connectivity index (χ0) is 24.8. The quantitative estimate of drug-likeness (QED) is 0.304. The third kappa shape index (κ3) is 7.72. The molecule has 1 aliphatic rings. The van der Waals surface area contributed by atoms with Crippen LogP contribution in [0.4, 0.5) is 0 Å². The highest BCUT2D eigenvalue weighted by Crippen LogP contribution is 2.37. The van der Waals surface area contributed by atoms with Crippen molar-refractivity contribution in [3.63, 3.8) is 0 Å². The number of ether oxygens (including phenoxy) is 4. The Balaban J connectivity index is 2.50. The Morgan fingerprint density at radius 1 is 0.939 bits per heavy atom. The first-order chi connectivity index (χ1) is 15.4. The Bertz CT molecular complexity index is 982. The van der Waals surface area contributed by atoms with Crippen molar-refractivity contribution in [1.82, 2.24) is 5.32 Å². The van der Waals surface area contributed by atoms with Gasteiger partial charge in [0.25, 0.3) is 0 Å². The highest BCUT2D eigenvalue weighted by molar-refractivity contribution is 8.72. The maximum Gasteiger partial charge on any atom is 0.303 e. The van der Waals surface area contributed by atoms with E-state index in [4.69, 9.17) is 18.9 Å². The van der Waals surface area contributed by atoms with E-state index in [1.807, 2.05) is 0 Å². The van der Waals surface area contributed by atoms with Crippen LogP contribution >= 0.6 is 10.8 Å². The minimum absolute atomic E-state index is 0.0112. The normalized spacial score (nSPS) is 24.9. The Kier molecular flexibility index (Phi) is 9.25. The van der Waals surface area contributed by atoms with Crippen molar-refractivity contribution in [2.45, 2.75) is 62.4 Å². The van der Waals surface area contributed by atoms with E-state index in [1.54, 1.807) is 18.2 Å². The number of nitrogens with one attached hydrogen (secondary N) is 1. The van der Waals surface area contributed by atoms with E-state index in [2.05, 4.69) is 5.32 Å². The predicted octanol–water partition coefficient (Wildman–Crippen LogP) is 0.765.